The maximum Gasteiger partial charge on any atom is 0.0568 e. The van der Waals surface area contributed by atoms with Crippen LogP contribution in [0.1, 0.15) is 17.2 Å². The molecule has 2 N–H and O–H groups in total. The van der Waals surface area contributed by atoms with E-state index in [1.165, 1.54) is 25.5 Å². The zero-order valence-electron chi connectivity index (χ0n) is 10.4. The molecule has 0 aliphatic carbocycles. The van der Waals surface area contributed by atoms with Crippen LogP contribution in [0.2, 0.25) is 0 Å². The fourth-order valence-electron chi connectivity index (χ4n) is 2.42. The molecule has 3 aromatic carbocycles. The summed E-state index contributed by atoms with van der Waals surface area (Å²) in [5.74, 6) is 0. The summed E-state index contributed by atoms with van der Waals surface area (Å²) >= 11 is 2.35. The molecule has 3 rings (SSSR count). The zero-order valence-corrected chi connectivity index (χ0v) is 12.5. The number of halogens is 1. The Labute approximate surface area is 126 Å². The molecule has 1 nitrogen and oxygen atoms in total. The van der Waals surface area contributed by atoms with Crippen molar-refractivity contribution in [3.63, 3.8) is 0 Å². The molecule has 0 aliphatic rings. The molecule has 0 saturated heterocycles. The summed E-state index contributed by atoms with van der Waals surface area (Å²) in [6.07, 6.45) is 0. The monoisotopic (exact) mass is 359 g/mol. The fraction of sp³-hybridized carbons (Fsp3) is 0.0588. The lowest BCUT2D eigenvalue weighted by molar-refractivity contribution is 0.874. The minimum Gasteiger partial charge on any atom is -0.320 e. The molecule has 0 fully saturated rings. The molecular formula is C17H14IN. The van der Waals surface area contributed by atoms with E-state index in [4.69, 9.17) is 5.73 Å². The first-order valence-electron chi connectivity index (χ1n) is 6.25. The quantitative estimate of drug-likeness (QED) is 0.671. The SMILES string of the molecule is NC(c1ccccc1I)c1cccc2ccccc12. The Morgan fingerprint density at radius 1 is 0.737 bits per heavy atom. The Hall–Kier alpha value is -1.39. The third-order valence-electron chi connectivity index (χ3n) is 3.40. The van der Waals surface area contributed by atoms with Gasteiger partial charge in [0.05, 0.1) is 6.04 Å². The molecule has 0 aliphatic heterocycles. The minimum absolute atomic E-state index is 0.0841. The zero-order chi connectivity index (χ0) is 13.2. The number of rotatable bonds is 2. The third-order valence-corrected chi connectivity index (χ3v) is 4.38. The van der Waals surface area contributed by atoms with E-state index in [-0.39, 0.29) is 6.04 Å². The molecule has 0 saturated carbocycles. The lowest BCUT2D eigenvalue weighted by Gasteiger charge is -2.16. The van der Waals surface area contributed by atoms with Gasteiger partial charge in [-0.15, -0.1) is 0 Å². The molecule has 2 heteroatoms. The van der Waals surface area contributed by atoms with Gasteiger partial charge in [-0.3, -0.25) is 0 Å². The summed E-state index contributed by atoms with van der Waals surface area (Å²) in [5, 5.41) is 2.47. The predicted molar refractivity (Wildman–Crippen MR) is 89.1 cm³/mol. The van der Waals surface area contributed by atoms with Gasteiger partial charge in [0.2, 0.25) is 0 Å². The van der Waals surface area contributed by atoms with Crippen LogP contribution in [0.3, 0.4) is 0 Å². The first-order chi connectivity index (χ1) is 9.27. The second-order valence-electron chi connectivity index (χ2n) is 4.57. The Bertz CT molecular complexity index is 716. The Balaban J connectivity index is 2.17. The lowest BCUT2D eigenvalue weighted by atomic mass is 9.94. The van der Waals surface area contributed by atoms with E-state index in [1.807, 2.05) is 12.1 Å². The van der Waals surface area contributed by atoms with Gasteiger partial charge in [0, 0.05) is 3.57 Å². The number of nitrogens with two attached hydrogens (primary N) is 1. The van der Waals surface area contributed by atoms with Crippen LogP contribution in [0.4, 0.5) is 0 Å². The van der Waals surface area contributed by atoms with Gasteiger partial charge in [-0.2, -0.15) is 0 Å². The van der Waals surface area contributed by atoms with Crippen molar-refractivity contribution in [1.82, 2.24) is 0 Å². The van der Waals surface area contributed by atoms with Gasteiger partial charge >= 0.3 is 0 Å². The van der Waals surface area contributed by atoms with Gasteiger partial charge in [-0.25, -0.2) is 0 Å². The summed E-state index contributed by atoms with van der Waals surface area (Å²) in [7, 11) is 0. The van der Waals surface area contributed by atoms with Crippen LogP contribution in [-0.4, -0.2) is 0 Å². The highest BCUT2D eigenvalue weighted by molar-refractivity contribution is 14.1. The van der Waals surface area contributed by atoms with E-state index in [0.717, 1.165) is 0 Å². The average molecular weight is 359 g/mol. The summed E-state index contributed by atoms with van der Waals surface area (Å²) < 4.78 is 1.21. The van der Waals surface area contributed by atoms with Crippen LogP contribution >= 0.6 is 22.6 Å². The van der Waals surface area contributed by atoms with Crippen molar-refractivity contribution in [1.29, 1.82) is 0 Å². The van der Waals surface area contributed by atoms with E-state index in [1.54, 1.807) is 0 Å². The van der Waals surface area contributed by atoms with Crippen LogP contribution < -0.4 is 5.73 Å². The standard InChI is InChI=1S/C17H14IN/c18-16-11-4-3-9-15(16)17(19)14-10-5-7-12-6-1-2-8-13(12)14/h1-11,17H,19H2. The van der Waals surface area contributed by atoms with Crippen LogP contribution in [-0.2, 0) is 0 Å². The summed E-state index contributed by atoms with van der Waals surface area (Å²) in [6, 6.07) is 22.9. The first kappa shape index (κ1) is 12.6. The molecular weight excluding hydrogens is 345 g/mol. The number of fused-ring (bicyclic) bond motifs is 1. The molecule has 0 amide bonds. The van der Waals surface area contributed by atoms with Gasteiger partial charge in [0.25, 0.3) is 0 Å². The van der Waals surface area contributed by atoms with Gasteiger partial charge < -0.3 is 5.73 Å². The van der Waals surface area contributed by atoms with E-state index in [9.17, 15) is 0 Å². The van der Waals surface area contributed by atoms with Crippen molar-refractivity contribution < 1.29 is 0 Å². The van der Waals surface area contributed by atoms with Crippen LogP contribution in [0.5, 0.6) is 0 Å². The highest BCUT2D eigenvalue weighted by Gasteiger charge is 2.13. The molecule has 19 heavy (non-hydrogen) atoms. The van der Waals surface area contributed by atoms with Crippen molar-refractivity contribution in [3.8, 4) is 0 Å². The molecule has 94 valence electrons. The highest BCUT2D eigenvalue weighted by Crippen LogP contribution is 2.29. The summed E-state index contributed by atoms with van der Waals surface area (Å²) in [6.45, 7) is 0. The van der Waals surface area contributed by atoms with Crippen molar-refractivity contribution in [2.75, 3.05) is 0 Å². The summed E-state index contributed by atoms with van der Waals surface area (Å²) in [4.78, 5) is 0. The third kappa shape index (κ3) is 2.38. The van der Waals surface area contributed by atoms with Gasteiger partial charge in [0.1, 0.15) is 0 Å². The molecule has 1 unspecified atom stereocenters. The molecule has 0 aromatic heterocycles. The van der Waals surface area contributed by atoms with Crippen molar-refractivity contribution in [2.24, 2.45) is 5.73 Å². The van der Waals surface area contributed by atoms with Crippen molar-refractivity contribution >= 4 is 33.4 Å². The van der Waals surface area contributed by atoms with E-state index in [2.05, 4.69) is 77.2 Å². The van der Waals surface area contributed by atoms with E-state index >= 15 is 0 Å². The molecule has 0 spiro atoms. The van der Waals surface area contributed by atoms with Gasteiger partial charge in [0.15, 0.2) is 0 Å². The fourth-order valence-corrected chi connectivity index (χ4v) is 3.14. The highest BCUT2D eigenvalue weighted by atomic mass is 127. The second kappa shape index (κ2) is 5.31. The number of hydrogen-bond acceptors (Lipinski definition) is 1. The van der Waals surface area contributed by atoms with Crippen LogP contribution in [0.15, 0.2) is 66.7 Å². The van der Waals surface area contributed by atoms with Crippen molar-refractivity contribution in [3.05, 3.63) is 81.4 Å². The summed E-state index contributed by atoms with van der Waals surface area (Å²) in [5.41, 5.74) is 8.84. The molecule has 1 atom stereocenters. The van der Waals surface area contributed by atoms with Gasteiger partial charge in [-0.1, -0.05) is 60.7 Å². The normalized spacial score (nSPS) is 12.5. The maximum atomic E-state index is 6.48. The maximum absolute atomic E-state index is 6.48. The minimum atomic E-state index is -0.0841. The largest absolute Gasteiger partial charge is 0.320 e. The first-order valence-corrected chi connectivity index (χ1v) is 7.33. The van der Waals surface area contributed by atoms with Crippen LogP contribution in [0.25, 0.3) is 10.8 Å². The number of benzene rings is 3. The lowest BCUT2D eigenvalue weighted by Crippen LogP contribution is -2.13. The number of hydrogen-bond donors (Lipinski definition) is 1. The topological polar surface area (TPSA) is 26.0 Å². The van der Waals surface area contributed by atoms with Gasteiger partial charge in [-0.05, 0) is 50.6 Å². The van der Waals surface area contributed by atoms with E-state index < -0.39 is 0 Å². The molecule has 0 bridgehead atoms. The van der Waals surface area contributed by atoms with Crippen LogP contribution in [0, 0.1) is 3.57 Å². The molecule has 3 aromatic rings. The Morgan fingerprint density at radius 3 is 2.21 bits per heavy atom. The molecule has 0 radical (unpaired) electrons. The second-order valence-corrected chi connectivity index (χ2v) is 5.73. The Kier molecular flexibility index (Phi) is 3.53. The van der Waals surface area contributed by atoms with Crippen molar-refractivity contribution in [2.45, 2.75) is 6.04 Å². The average Bonchev–Trinajstić information content (AvgIpc) is 2.46. The molecule has 0 heterocycles. The Morgan fingerprint density at radius 2 is 1.37 bits per heavy atom. The van der Waals surface area contributed by atoms with E-state index in [0.29, 0.717) is 0 Å². The predicted octanol–water partition coefficient (Wildman–Crippen LogP) is 4.49. The smallest absolute Gasteiger partial charge is 0.0568 e.